The second-order valence-corrected chi connectivity index (χ2v) is 7.75. The van der Waals surface area contributed by atoms with E-state index in [1.54, 1.807) is 18.6 Å². The lowest BCUT2D eigenvalue weighted by Crippen LogP contribution is -2.37. The average Bonchev–Trinajstić information content (AvgIpc) is 3.28. The number of anilines is 1. The summed E-state index contributed by atoms with van der Waals surface area (Å²) in [7, 11) is 0. The van der Waals surface area contributed by atoms with Crippen molar-refractivity contribution >= 4 is 22.8 Å². The molecule has 1 aromatic carbocycles. The predicted octanol–water partition coefficient (Wildman–Crippen LogP) is 3.40. The van der Waals surface area contributed by atoms with Crippen LogP contribution in [-0.2, 0) is 0 Å². The number of benzene rings is 1. The first-order valence-corrected chi connectivity index (χ1v) is 10.3. The van der Waals surface area contributed by atoms with E-state index in [1.165, 1.54) is 0 Å². The van der Waals surface area contributed by atoms with Crippen LogP contribution >= 0.6 is 0 Å². The molecule has 0 bridgehead atoms. The largest absolute Gasteiger partial charge is 0.347 e. The van der Waals surface area contributed by atoms with Gasteiger partial charge in [0, 0.05) is 59.9 Å². The smallest absolute Gasteiger partial charge is 0.251 e. The zero-order valence-electron chi connectivity index (χ0n) is 17.2. The molecule has 3 aromatic heterocycles. The van der Waals surface area contributed by atoms with E-state index in [0.717, 1.165) is 40.8 Å². The first kappa shape index (κ1) is 19.1. The zero-order valence-corrected chi connectivity index (χ0v) is 17.2. The maximum absolute atomic E-state index is 12.8. The minimum Gasteiger partial charge on any atom is -0.347 e. The highest BCUT2D eigenvalue weighted by atomic mass is 16.1. The van der Waals surface area contributed by atoms with E-state index in [9.17, 15) is 4.79 Å². The summed E-state index contributed by atoms with van der Waals surface area (Å²) in [5, 5.41) is 4.12. The second-order valence-electron chi connectivity index (χ2n) is 7.75. The molecule has 0 saturated carbocycles. The minimum atomic E-state index is -0.0700. The van der Waals surface area contributed by atoms with Crippen LogP contribution in [0, 0.1) is 6.92 Å². The SMILES string of the molecule is Cc1ccc2cc(C(=O)NC3CCN(c4nccc(-c5cccnc5)n4)C3)ccc2n1. The Morgan fingerprint density at radius 1 is 1.10 bits per heavy atom. The number of amides is 1. The van der Waals surface area contributed by atoms with Crippen LogP contribution in [0.2, 0.25) is 0 Å². The standard InChI is InChI=1S/C24H22N6O/c1-16-4-5-17-13-18(6-7-21(17)27-16)23(31)28-20-9-12-30(15-20)24-26-11-8-22(29-24)19-3-2-10-25-14-19/h2-8,10-11,13-14,20H,9,12,15H2,1H3,(H,28,31). The molecule has 1 unspecified atom stereocenters. The van der Waals surface area contributed by atoms with Crippen LogP contribution in [0.4, 0.5) is 5.95 Å². The van der Waals surface area contributed by atoms with E-state index in [-0.39, 0.29) is 11.9 Å². The van der Waals surface area contributed by atoms with Gasteiger partial charge in [0.2, 0.25) is 5.95 Å². The molecule has 154 valence electrons. The van der Waals surface area contributed by atoms with E-state index in [4.69, 9.17) is 4.98 Å². The summed E-state index contributed by atoms with van der Waals surface area (Å²) >= 11 is 0. The fourth-order valence-electron chi connectivity index (χ4n) is 3.87. The van der Waals surface area contributed by atoms with Crippen molar-refractivity contribution < 1.29 is 4.79 Å². The van der Waals surface area contributed by atoms with E-state index < -0.39 is 0 Å². The number of aromatic nitrogens is 4. The van der Waals surface area contributed by atoms with E-state index in [1.807, 2.05) is 55.5 Å². The van der Waals surface area contributed by atoms with E-state index in [0.29, 0.717) is 18.1 Å². The van der Waals surface area contributed by atoms with Crippen molar-refractivity contribution in [3.63, 3.8) is 0 Å². The predicted molar refractivity (Wildman–Crippen MR) is 120 cm³/mol. The number of carbonyl (C=O) groups excluding carboxylic acids is 1. The van der Waals surface area contributed by atoms with Gasteiger partial charge in [-0.1, -0.05) is 6.07 Å². The van der Waals surface area contributed by atoms with Gasteiger partial charge in [-0.15, -0.1) is 0 Å². The summed E-state index contributed by atoms with van der Waals surface area (Å²) in [5.41, 5.74) is 4.30. The molecule has 1 saturated heterocycles. The Labute approximate surface area is 180 Å². The lowest BCUT2D eigenvalue weighted by Gasteiger charge is -2.17. The Balaban J connectivity index is 1.27. The van der Waals surface area contributed by atoms with Gasteiger partial charge in [0.05, 0.1) is 11.2 Å². The number of nitrogens with one attached hydrogen (secondary N) is 1. The van der Waals surface area contributed by atoms with Gasteiger partial charge in [0.25, 0.3) is 5.91 Å². The van der Waals surface area contributed by atoms with Crippen molar-refractivity contribution in [1.29, 1.82) is 0 Å². The molecular weight excluding hydrogens is 388 g/mol. The molecule has 1 fully saturated rings. The number of pyridine rings is 2. The molecule has 0 spiro atoms. The molecule has 0 aliphatic carbocycles. The van der Waals surface area contributed by atoms with Crippen molar-refractivity contribution in [3.8, 4) is 11.3 Å². The van der Waals surface area contributed by atoms with Gasteiger partial charge in [0.1, 0.15) is 0 Å². The second kappa shape index (κ2) is 8.10. The van der Waals surface area contributed by atoms with Crippen LogP contribution in [0.15, 0.2) is 67.1 Å². The van der Waals surface area contributed by atoms with E-state index >= 15 is 0 Å². The molecule has 1 atom stereocenters. The highest BCUT2D eigenvalue weighted by Crippen LogP contribution is 2.21. The van der Waals surface area contributed by atoms with Crippen molar-refractivity contribution in [2.45, 2.75) is 19.4 Å². The lowest BCUT2D eigenvalue weighted by atomic mass is 10.1. The fraction of sp³-hybridized carbons (Fsp3) is 0.208. The van der Waals surface area contributed by atoms with Crippen LogP contribution < -0.4 is 10.2 Å². The summed E-state index contributed by atoms with van der Waals surface area (Å²) in [6, 6.07) is 15.4. The third kappa shape index (κ3) is 4.07. The topological polar surface area (TPSA) is 83.9 Å². The van der Waals surface area contributed by atoms with Gasteiger partial charge in [-0.05, 0) is 55.8 Å². The molecule has 0 radical (unpaired) electrons. The molecule has 1 amide bonds. The van der Waals surface area contributed by atoms with Crippen molar-refractivity contribution in [1.82, 2.24) is 25.3 Å². The van der Waals surface area contributed by atoms with Crippen LogP contribution in [0.5, 0.6) is 0 Å². The Hall–Kier alpha value is -3.87. The molecule has 1 aliphatic rings. The number of hydrogen-bond acceptors (Lipinski definition) is 6. The van der Waals surface area contributed by atoms with Crippen molar-refractivity contribution in [2.24, 2.45) is 0 Å². The van der Waals surface area contributed by atoms with Crippen molar-refractivity contribution in [2.75, 3.05) is 18.0 Å². The summed E-state index contributed by atoms with van der Waals surface area (Å²) in [6.07, 6.45) is 6.15. The van der Waals surface area contributed by atoms with Crippen LogP contribution in [0.3, 0.4) is 0 Å². The summed E-state index contributed by atoms with van der Waals surface area (Å²) in [4.78, 5) is 32.7. The van der Waals surface area contributed by atoms with Gasteiger partial charge in [-0.2, -0.15) is 0 Å². The molecule has 7 heteroatoms. The van der Waals surface area contributed by atoms with Crippen molar-refractivity contribution in [3.05, 3.63) is 78.4 Å². The fourth-order valence-corrected chi connectivity index (χ4v) is 3.87. The highest BCUT2D eigenvalue weighted by Gasteiger charge is 2.26. The zero-order chi connectivity index (χ0) is 21.2. The maximum Gasteiger partial charge on any atom is 0.251 e. The summed E-state index contributed by atoms with van der Waals surface area (Å²) < 4.78 is 0. The third-order valence-corrected chi connectivity index (χ3v) is 5.50. The van der Waals surface area contributed by atoms with Gasteiger partial charge in [0.15, 0.2) is 0 Å². The Bertz CT molecular complexity index is 1240. The first-order valence-electron chi connectivity index (χ1n) is 10.3. The van der Waals surface area contributed by atoms with Gasteiger partial charge < -0.3 is 10.2 Å². The molecule has 7 nitrogen and oxygen atoms in total. The monoisotopic (exact) mass is 410 g/mol. The normalized spacial score (nSPS) is 15.9. The molecule has 5 rings (SSSR count). The summed E-state index contributed by atoms with van der Waals surface area (Å²) in [5.74, 6) is 0.601. The lowest BCUT2D eigenvalue weighted by molar-refractivity contribution is 0.0940. The first-order chi connectivity index (χ1) is 15.2. The molecule has 31 heavy (non-hydrogen) atoms. The van der Waals surface area contributed by atoms with Crippen LogP contribution in [0.1, 0.15) is 22.5 Å². The Morgan fingerprint density at radius 3 is 2.90 bits per heavy atom. The molecule has 4 aromatic rings. The number of fused-ring (bicyclic) bond motifs is 1. The number of hydrogen-bond donors (Lipinski definition) is 1. The Morgan fingerprint density at radius 2 is 2.03 bits per heavy atom. The number of nitrogens with zero attached hydrogens (tertiary/aromatic N) is 5. The molecule has 1 aliphatic heterocycles. The van der Waals surface area contributed by atoms with Gasteiger partial charge in [-0.25, -0.2) is 9.97 Å². The maximum atomic E-state index is 12.8. The molecule has 4 heterocycles. The molecular formula is C24H22N6O. The van der Waals surface area contributed by atoms with Crippen LogP contribution in [0.25, 0.3) is 22.2 Å². The number of rotatable bonds is 4. The van der Waals surface area contributed by atoms with E-state index in [2.05, 4.69) is 25.2 Å². The third-order valence-electron chi connectivity index (χ3n) is 5.50. The highest BCUT2D eigenvalue weighted by molar-refractivity contribution is 5.98. The van der Waals surface area contributed by atoms with Crippen LogP contribution in [-0.4, -0.2) is 45.0 Å². The minimum absolute atomic E-state index is 0.0463. The number of aryl methyl sites for hydroxylation is 1. The van der Waals surface area contributed by atoms with Gasteiger partial charge >= 0.3 is 0 Å². The quantitative estimate of drug-likeness (QED) is 0.555. The summed E-state index contributed by atoms with van der Waals surface area (Å²) in [6.45, 7) is 3.43. The van der Waals surface area contributed by atoms with Gasteiger partial charge in [-0.3, -0.25) is 14.8 Å². The Kier molecular flexibility index (Phi) is 5.00. The molecule has 1 N–H and O–H groups in total. The average molecular weight is 410 g/mol. The number of carbonyl (C=O) groups is 1.